The van der Waals surface area contributed by atoms with E-state index < -0.39 is 10.1 Å². The molecule has 0 saturated carbocycles. The van der Waals surface area contributed by atoms with Crippen molar-refractivity contribution in [3.8, 4) is 0 Å². The molecular formula is C10H13BrO3S. The standard InChI is InChI=1S/C10H13BrO3S/c1-2-6-14-15(12,13)8-9-4-3-5-10(11)7-9/h3-5,7H,2,6,8H2,1H3. The molecule has 0 heterocycles. The van der Waals surface area contributed by atoms with Crippen LogP contribution >= 0.6 is 15.9 Å². The molecule has 0 bridgehead atoms. The minimum atomic E-state index is -3.43. The maximum Gasteiger partial charge on any atom is 0.271 e. The third-order valence-corrected chi connectivity index (χ3v) is 3.41. The van der Waals surface area contributed by atoms with E-state index in [0.717, 1.165) is 10.0 Å². The molecule has 0 atom stereocenters. The normalized spacial score (nSPS) is 11.6. The summed E-state index contributed by atoms with van der Waals surface area (Å²) in [6.45, 7) is 2.12. The smallest absolute Gasteiger partial charge is 0.270 e. The fourth-order valence-corrected chi connectivity index (χ4v) is 2.62. The lowest BCUT2D eigenvalue weighted by molar-refractivity contribution is 0.317. The molecule has 0 aliphatic carbocycles. The fourth-order valence-electron chi connectivity index (χ4n) is 1.08. The molecule has 0 spiro atoms. The minimum Gasteiger partial charge on any atom is -0.270 e. The molecule has 1 aromatic rings. The van der Waals surface area contributed by atoms with Crippen LogP contribution in [-0.4, -0.2) is 15.0 Å². The Kier molecular flexibility index (Phi) is 4.76. The van der Waals surface area contributed by atoms with Gasteiger partial charge in [0, 0.05) is 4.47 Å². The zero-order valence-electron chi connectivity index (χ0n) is 8.44. The molecule has 0 aliphatic heterocycles. The lowest BCUT2D eigenvalue weighted by atomic mass is 10.2. The molecule has 1 aromatic carbocycles. The summed E-state index contributed by atoms with van der Waals surface area (Å²) >= 11 is 3.29. The zero-order chi connectivity index (χ0) is 11.3. The predicted octanol–water partition coefficient (Wildman–Crippen LogP) is 2.71. The maximum absolute atomic E-state index is 11.4. The Labute approximate surface area is 98.7 Å². The lowest BCUT2D eigenvalue weighted by Crippen LogP contribution is -2.09. The SMILES string of the molecule is CCCOS(=O)(=O)Cc1cccc(Br)c1. The third kappa shape index (κ3) is 4.77. The van der Waals surface area contributed by atoms with E-state index in [1.165, 1.54) is 0 Å². The van der Waals surface area contributed by atoms with Gasteiger partial charge in [0.15, 0.2) is 0 Å². The molecule has 0 amide bonds. The van der Waals surface area contributed by atoms with Crippen molar-refractivity contribution in [1.82, 2.24) is 0 Å². The summed E-state index contributed by atoms with van der Waals surface area (Å²) in [6.07, 6.45) is 0.692. The Balaban J connectivity index is 2.69. The third-order valence-electron chi connectivity index (χ3n) is 1.70. The molecular weight excluding hydrogens is 280 g/mol. The van der Waals surface area contributed by atoms with Crippen molar-refractivity contribution in [2.75, 3.05) is 6.61 Å². The Morgan fingerprint density at radius 3 is 2.73 bits per heavy atom. The van der Waals surface area contributed by atoms with Gasteiger partial charge in [-0.25, -0.2) is 0 Å². The molecule has 0 N–H and O–H groups in total. The van der Waals surface area contributed by atoms with Crippen LogP contribution in [0.4, 0.5) is 0 Å². The zero-order valence-corrected chi connectivity index (χ0v) is 10.8. The van der Waals surface area contributed by atoms with Crippen molar-refractivity contribution in [2.45, 2.75) is 19.1 Å². The van der Waals surface area contributed by atoms with Gasteiger partial charge >= 0.3 is 0 Å². The summed E-state index contributed by atoms with van der Waals surface area (Å²) in [5.41, 5.74) is 0.723. The van der Waals surface area contributed by atoms with Gasteiger partial charge in [-0.2, -0.15) is 8.42 Å². The molecule has 0 fully saturated rings. The molecule has 1 rings (SSSR count). The first-order chi connectivity index (χ1) is 7.03. The molecule has 15 heavy (non-hydrogen) atoms. The largest absolute Gasteiger partial charge is 0.271 e. The van der Waals surface area contributed by atoms with E-state index in [9.17, 15) is 8.42 Å². The van der Waals surface area contributed by atoms with Gasteiger partial charge in [0.1, 0.15) is 5.75 Å². The Hall–Kier alpha value is -0.390. The summed E-state index contributed by atoms with van der Waals surface area (Å²) in [7, 11) is -3.43. The Morgan fingerprint density at radius 2 is 2.13 bits per heavy atom. The second kappa shape index (κ2) is 5.63. The Bertz CT molecular complexity index is 414. The first-order valence-electron chi connectivity index (χ1n) is 4.65. The van der Waals surface area contributed by atoms with Gasteiger partial charge in [-0.3, -0.25) is 4.18 Å². The van der Waals surface area contributed by atoms with E-state index >= 15 is 0 Å². The van der Waals surface area contributed by atoms with Gasteiger partial charge in [-0.15, -0.1) is 0 Å². The summed E-state index contributed by atoms with van der Waals surface area (Å²) < 4.78 is 28.5. The maximum atomic E-state index is 11.4. The van der Waals surface area contributed by atoms with Gasteiger partial charge in [-0.05, 0) is 24.1 Å². The second-order valence-electron chi connectivity index (χ2n) is 3.15. The molecule has 0 radical (unpaired) electrons. The van der Waals surface area contributed by atoms with Crippen LogP contribution < -0.4 is 0 Å². The number of hydrogen-bond donors (Lipinski definition) is 0. The van der Waals surface area contributed by atoms with Crippen LogP contribution in [0.15, 0.2) is 28.7 Å². The summed E-state index contributed by atoms with van der Waals surface area (Å²) in [5, 5.41) is 0. The van der Waals surface area contributed by atoms with Gasteiger partial charge < -0.3 is 0 Å². The molecule has 0 aliphatic rings. The van der Waals surface area contributed by atoms with Crippen LogP contribution in [0.1, 0.15) is 18.9 Å². The van der Waals surface area contributed by atoms with E-state index in [0.29, 0.717) is 6.42 Å². The van der Waals surface area contributed by atoms with Crippen LogP contribution in [0.5, 0.6) is 0 Å². The molecule has 5 heteroatoms. The highest BCUT2D eigenvalue weighted by Gasteiger charge is 2.11. The Morgan fingerprint density at radius 1 is 1.40 bits per heavy atom. The second-order valence-corrected chi connectivity index (χ2v) is 5.71. The van der Waals surface area contributed by atoms with Crippen molar-refractivity contribution in [3.05, 3.63) is 34.3 Å². The van der Waals surface area contributed by atoms with E-state index in [1.807, 2.05) is 13.0 Å². The van der Waals surface area contributed by atoms with Crippen molar-refractivity contribution in [2.24, 2.45) is 0 Å². The van der Waals surface area contributed by atoms with E-state index in [4.69, 9.17) is 4.18 Å². The molecule has 3 nitrogen and oxygen atoms in total. The van der Waals surface area contributed by atoms with Crippen molar-refractivity contribution in [1.29, 1.82) is 0 Å². The first kappa shape index (κ1) is 12.7. The highest BCUT2D eigenvalue weighted by molar-refractivity contribution is 9.10. The van der Waals surface area contributed by atoms with Gasteiger partial charge in [-0.1, -0.05) is 35.0 Å². The van der Waals surface area contributed by atoms with Gasteiger partial charge in [0.05, 0.1) is 6.61 Å². The number of benzene rings is 1. The van der Waals surface area contributed by atoms with Crippen LogP contribution in [0.3, 0.4) is 0 Å². The van der Waals surface area contributed by atoms with E-state index in [1.54, 1.807) is 18.2 Å². The average Bonchev–Trinajstić information content (AvgIpc) is 2.14. The summed E-state index contributed by atoms with van der Waals surface area (Å²) in [4.78, 5) is 0. The van der Waals surface area contributed by atoms with Crippen molar-refractivity contribution < 1.29 is 12.6 Å². The number of hydrogen-bond acceptors (Lipinski definition) is 3. The predicted molar refractivity (Wildman–Crippen MR) is 63.0 cm³/mol. The number of halogens is 1. The first-order valence-corrected chi connectivity index (χ1v) is 7.02. The van der Waals surface area contributed by atoms with Crippen LogP contribution in [0.25, 0.3) is 0 Å². The quantitative estimate of drug-likeness (QED) is 0.784. The van der Waals surface area contributed by atoms with Crippen molar-refractivity contribution >= 4 is 26.0 Å². The van der Waals surface area contributed by atoms with Crippen LogP contribution in [-0.2, 0) is 20.1 Å². The van der Waals surface area contributed by atoms with Gasteiger partial charge in [0.25, 0.3) is 10.1 Å². The average molecular weight is 293 g/mol. The van der Waals surface area contributed by atoms with E-state index in [-0.39, 0.29) is 12.4 Å². The van der Waals surface area contributed by atoms with Crippen LogP contribution in [0, 0.1) is 0 Å². The molecule has 84 valence electrons. The monoisotopic (exact) mass is 292 g/mol. The highest BCUT2D eigenvalue weighted by Crippen LogP contribution is 2.14. The van der Waals surface area contributed by atoms with Gasteiger partial charge in [0.2, 0.25) is 0 Å². The number of rotatable bonds is 5. The topological polar surface area (TPSA) is 43.4 Å². The minimum absolute atomic E-state index is 0.0769. The fraction of sp³-hybridized carbons (Fsp3) is 0.400. The van der Waals surface area contributed by atoms with Crippen LogP contribution in [0.2, 0.25) is 0 Å². The summed E-state index contributed by atoms with van der Waals surface area (Å²) in [6, 6.07) is 7.18. The van der Waals surface area contributed by atoms with Crippen molar-refractivity contribution in [3.63, 3.8) is 0 Å². The summed E-state index contributed by atoms with van der Waals surface area (Å²) in [5.74, 6) is -0.0769. The molecule has 0 saturated heterocycles. The molecule has 0 aromatic heterocycles. The lowest BCUT2D eigenvalue weighted by Gasteiger charge is -2.04. The van der Waals surface area contributed by atoms with E-state index in [2.05, 4.69) is 15.9 Å². The highest BCUT2D eigenvalue weighted by atomic mass is 79.9. The molecule has 0 unspecified atom stereocenters.